The van der Waals surface area contributed by atoms with E-state index >= 15 is 0 Å². The van der Waals surface area contributed by atoms with Gasteiger partial charge >= 0.3 is 0 Å². The third-order valence-electron chi connectivity index (χ3n) is 6.83. The summed E-state index contributed by atoms with van der Waals surface area (Å²) in [7, 11) is 5.11. The molecule has 3 rings (SSSR count). The Hall–Kier alpha value is -2.26. The minimum atomic E-state index is -0.656. The van der Waals surface area contributed by atoms with Crippen molar-refractivity contribution >= 4 is 5.91 Å². The van der Waals surface area contributed by atoms with Crippen LogP contribution in [0.5, 0.6) is 11.5 Å². The first-order valence-electron chi connectivity index (χ1n) is 10.6. The van der Waals surface area contributed by atoms with Crippen molar-refractivity contribution in [2.24, 2.45) is 5.92 Å². The van der Waals surface area contributed by atoms with Crippen LogP contribution in [0.25, 0.3) is 0 Å². The first-order chi connectivity index (χ1) is 13.9. The van der Waals surface area contributed by atoms with E-state index in [1.165, 1.54) is 0 Å². The standard InChI is InChI=1S/C23H33N3O3/c1-17-9-11-23(16-24,12-10-17)25(2)22(27)15-26-13-5-6-20(26)19-8-7-18(28-3)14-21(19)29-4/h7-8,14,17,20H,5-6,9-13,15H2,1-4H3. The fraction of sp³-hybridized carbons (Fsp3) is 0.652. The summed E-state index contributed by atoms with van der Waals surface area (Å²) in [6, 6.07) is 8.48. The molecule has 0 radical (unpaired) electrons. The highest BCUT2D eigenvalue weighted by molar-refractivity contribution is 5.79. The van der Waals surface area contributed by atoms with Gasteiger partial charge in [-0.3, -0.25) is 9.69 Å². The second-order valence-corrected chi connectivity index (χ2v) is 8.52. The van der Waals surface area contributed by atoms with Crippen molar-refractivity contribution in [2.75, 3.05) is 34.4 Å². The average Bonchev–Trinajstić information content (AvgIpc) is 3.21. The Labute approximate surface area is 174 Å². The van der Waals surface area contributed by atoms with Gasteiger partial charge in [0.1, 0.15) is 17.0 Å². The molecule has 158 valence electrons. The number of carbonyl (C=O) groups is 1. The average molecular weight is 400 g/mol. The molecule has 1 saturated carbocycles. The first-order valence-corrected chi connectivity index (χ1v) is 10.6. The van der Waals surface area contributed by atoms with Crippen molar-refractivity contribution in [2.45, 2.75) is 57.0 Å². The van der Waals surface area contributed by atoms with Gasteiger partial charge in [-0.15, -0.1) is 0 Å². The molecule has 1 aliphatic carbocycles. The number of ether oxygens (including phenoxy) is 2. The molecule has 1 aliphatic heterocycles. The van der Waals surface area contributed by atoms with Gasteiger partial charge in [-0.2, -0.15) is 5.26 Å². The molecule has 1 unspecified atom stereocenters. The maximum absolute atomic E-state index is 13.2. The SMILES string of the molecule is COc1ccc(C2CCCN2CC(=O)N(C)C2(C#N)CCC(C)CC2)c(OC)c1. The fourth-order valence-corrected chi connectivity index (χ4v) is 4.74. The maximum Gasteiger partial charge on any atom is 0.237 e. The second-order valence-electron chi connectivity index (χ2n) is 8.52. The molecule has 6 heteroatoms. The molecule has 1 saturated heterocycles. The minimum Gasteiger partial charge on any atom is -0.497 e. The van der Waals surface area contributed by atoms with Crippen LogP contribution >= 0.6 is 0 Å². The Morgan fingerprint density at radius 3 is 2.62 bits per heavy atom. The van der Waals surface area contributed by atoms with E-state index in [0.29, 0.717) is 12.5 Å². The van der Waals surface area contributed by atoms with Crippen LogP contribution in [0, 0.1) is 17.2 Å². The quantitative estimate of drug-likeness (QED) is 0.728. The van der Waals surface area contributed by atoms with Gasteiger partial charge in [0.2, 0.25) is 5.91 Å². The topological polar surface area (TPSA) is 65.8 Å². The highest BCUT2D eigenvalue weighted by Crippen LogP contribution is 2.39. The third kappa shape index (κ3) is 4.35. The van der Waals surface area contributed by atoms with Crippen molar-refractivity contribution < 1.29 is 14.3 Å². The van der Waals surface area contributed by atoms with Gasteiger partial charge in [0, 0.05) is 24.7 Å². The van der Waals surface area contributed by atoms with Crippen molar-refractivity contribution in [1.82, 2.24) is 9.80 Å². The van der Waals surface area contributed by atoms with Crippen molar-refractivity contribution in [3.63, 3.8) is 0 Å². The molecular weight excluding hydrogens is 366 g/mol. The molecule has 0 aromatic heterocycles. The van der Waals surface area contributed by atoms with Crippen LogP contribution in [0.2, 0.25) is 0 Å². The van der Waals surface area contributed by atoms with E-state index < -0.39 is 5.54 Å². The molecule has 2 fully saturated rings. The van der Waals surface area contributed by atoms with Crippen LogP contribution in [0.3, 0.4) is 0 Å². The summed E-state index contributed by atoms with van der Waals surface area (Å²) in [5.41, 5.74) is 0.430. The number of rotatable bonds is 6. The van der Waals surface area contributed by atoms with Gasteiger partial charge in [-0.1, -0.05) is 13.0 Å². The maximum atomic E-state index is 13.2. The highest BCUT2D eigenvalue weighted by atomic mass is 16.5. The lowest BCUT2D eigenvalue weighted by atomic mass is 9.77. The van der Waals surface area contributed by atoms with Crippen LogP contribution in [0.15, 0.2) is 18.2 Å². The molecule has 0 spiro atoms. The van der Waals surface area contributed by atoms with Gasteiger partial charge < -0.3 is 14.4 Å². The van der Waals surface area contributed by atoms with E-state index in [2.05, 4.69) is 17.9 Å². The summed E-state index contributed by atoms with van der Waals surface area (Å²) in [4.78, 5) is 17.1. The number of hydrogen-bond donors (Lipinski definition) is 0. The number of hydrogen-bond acceptors (Lipinski definition) is 5. The Morgan fingerprint density at radius 2 is 2.00 bits per heavy atom. The van der Waals surface area contributed by atoms with E-state index in [1.54, 1.807) is 26.2 Å². The highest BCUT2D eigenvalue weighted by Gasteiger charge is 2.41. The zero-order valence-electron chi connectivity index (χ0n) is 18.1. The molecule has 6 nitrogen and oxygen atoms in total. The zero-order valence-corrected chi connectivity index (χ0v) is 18.1. The Morgan fingerprint density at radius 1 is 1.28 bits per heavy atom. The lowest BCUT2D eigenvalue weighted by Crippen LogP contribution is -2.53. The summed E-state index contributed by atoms with van der Waals surface area (Å²) < 4.78 is 10.9. The number of nitriles is 1. The number of likely N-dealkylation sites (tertiary alicyclic amines) is 1. The molecule has 1 aromatic rings. The van der Waals surface area contributed by atoms with E-state index in [-0.39, 0.29) is 11.9 Å². The summed E-state index contributed by atoms with van der Waals surface area (Å²) in [6.45, 7) is 3.42. The number of methoxy groups -OCH3 is 2. The van der Waals surface area contributed by atoms with Crippen molar-refractivity contribution in [1.29, 1.82) is 5.26 Å². The first kappa shape index (κ1) is 21.4. The molecule has 29 heavy (non-hydrogen) atoms. The van der Waals surface area contributed by atoms with E-state index in [4.69, 9.17) is 9.47 Å². The minimum absolute atomic E-state index is 0.0282. The van der Waals surface area contributed by atoms with E-state index in [9.17, 15) is 10.1 Å². The summed E-state index contributed by atoms with van der Waals surface area (Å²) in [6.07, 6.45) is 5.56. The van der Waals surface area contributed by atoms with Crippen LogP contribution in [-0.4, -0.2) is 55.6 Å². The van der Waals surface area contributed by atoms with Crippen LogP contribution < -0.4 is 9.47 Å². The lowest BCUT2D eigenvalue weighted by molar-refractivity contribution is -0.136. The number of carbonyl (C=O) groups excluding carboxylic acids is 1. The van der Waals surface area contributed by atoms with E-state index in [1.807, 2.05) is 18.2 Å². The molecule has 0 N–H and O–H groups in total. The number of benzene rings is 1. The van der Waals surface area contributed by atoms with Crippen LogP contribution in [-0.2, 0) is 4.79 Å². The fourth-order valence-electron chi connectivity index (χ4n) is 4.74. The Bertz CT molecular complexity index is 765. The summed E-state index contributed by atoms with van der Waals surface area (Å²) >= 11 is 0. The molecule has 1 aromatic carbocycles. The molecule has 1 heterocycles. The van der Waals surface area contributed by atoms with Gasteiger partial charge in [0.25, 0.3) is 0 Å². The summed E-state index contributed by atoms with van der Waals surface area (Å²) in [5.74, 6) is 2.20. The Balaban J connectivity index is 1.74. The predicted octanol–water partition coefficient (Wildman–Crippen LogP) is 3.77. The molecular formula is C23H33N3O3. The smallest absolute Gasteiger partial charge is 0.237 e. The number of likely N-dealkylation sites (N-methyl/N-ethyl adjacent to an activating group) is 1. The molecule has 0 bridgehead atoms. The Kier molecular flexibility index (Phi) is 6.69. The van der Waals surface area contributed by atoms with Crippen LogP contribution in [0.4, 0.5) is 0 Å². The molecule has 1 amide bonds. The molecule has 2 aliphatic rings. The summed E-state index contributed by atoms with van der Waals surface area (Å²) in [5, 5.41) is 9.87. The lowest BCUT2D eigenvalue weighted by Gasteiger charge is -2.41. The normalized spacial score (nSPS) is 27.3. The van der Waals surface area contributed by atoms with Gasteiger partial charge in [-0.05, 0) is 57.1 Å². The van der Waals surface area contributed by atoms with E-state index in [0.717, 1.165) is 62.1 Å². The van der Waals surface area contributed by atoms with Crippen molar-refractivity contribution in [3.05, 3.63) is 23.8 Å². The van der Waals surface area contributed by atoms with Gasteiger partial charge in [0.05, 0.1) is 26.8 Å². The van der Waals surface area contributed by atoms with Gasteiger partial charge in [-0.25, -0.2) is 0 Å². The number of amides is 1. The third-order valence-corrected chi connectivity index (χ3v) is 6.83. The second kappa shape index (κ2) is 9.04. The molecule has 1 atom stereocenters. The van der Waals surface area contributed by atoms with Crippen LogP contribution in [0.1, 0.15) is 57.1 Å². The largest absolute Gasteiger partial charge is 0.497 e. The van der Waals surface area contributed by atoms with Crippen molar-refractivity contribution in [3.8, 4) is 17.6 Å². The zero-order chi connectivity index (χ0) is 21.0. The number of nitrogens with zero attached hydrogens (tertiary/aromatic N) is 3. The monoisotopic (exact) mass is 399 g/mol. The van der Waals surface area contributed by atoms with Gasteiger partial charge in [0.15, 0.2) is 0 Å². The predicted molar refractivity (Wildman–Crippen MR) is 112 cm³/mol.